The van der Waals surface area contributed by atoms with Crippen LogP contribution in [0.15, 0.2) is 0 Å². The number of hydrogen-bond acceptors (Lipinski definition) is 3. The lowest BCUT2D eigenvalue weighted by atomic mass is 9.81. The molecule has 0 aromatic heterocycles. The predicted octanol–water partition coefficient (Wildman–Crippen LogP) is 2.97. The monoisotopic (exact) mass is 245 g/mol. The van der Waals surface area contributed by atoms with Crippen LogP contribution in [0.4, 0.5) is 0 Å². The molecule has 0 aromatic rings. The maximum atomic E-state index is 5.77. The summed E-state index contributed by atoms with van der Waals surface area (Å²) in [5.74, 6) is 0. The number of nitrogens with two attached hydrogens (primary N) is 1. The van der Waals surface area contributed by atoms with Gasteiger partial charge in [-0.05, 0) is 19.3 Å². The largest absolute Gasteiger partial charge is 0.381 e. The molecule has 3 heteroatoms. The molecule has 0 heterocycles. The van der Waals surface area contributed by atoms with E-state index < -0.39 is 0 Å². The summed E-state index contributed by atoms with van der Waals surface area (Å²) in [4.78, 5) is 0. The smallest absolute Gasteiger partial charge is 0.0589 e. The Balaban J connectivity index is 4.25. The van der Waals surface area contributed by atoms with Crippen LogP contribution in [-0.4, -0.2) is 33.0 Å². The molecule has 0 bridgehead atoms. The van der Waals surface area contributed by atoms with Crippen LogP contribution in [0.1, 0.15) is 52.9 Å². The number of hydrogen-bond donors (Lipinski definition) is 1. The van der Waals surface area contributed by atoms with Gasteiger partial charge in [-0.2, -0.15) is 0 Å². The molecule has 3 nitrogen and oxygen atoms in total. The third-order valence-corrected chi connectivity index (χ3v) is 2.99. The van der Waals surface area contributed by atoms with Crippen molar-refractivity contribution in [2.75, 3.05) is 33.0 Å². The fraction of sp³-hybridized carbons (Fsp3) is 1.00. The van der Waals surface area contributed by atoms with Crippen LogP contribution in [-0.2, 0) is 9.47 Å². The van der Waals surface area contributed by atoms with Gasteiger partial charge >= 0.3 is 0 Å². The molecule has 0 spiro atoms. The highest BCUT2D eigenvalue weighted by atomic mass is 16.5. The average molecular weight is 245 g/mol. The van der Waals surface area contributed by atoms with E-state index in [1.54, 1.807) is 0 Å². The van der Waals surface area contributed by atoms with E-state index in [0.29, 0.717) is 13.2 Å². The van der Waals surface area contributed by atoms with Crippen LogP contribution < -0.4 is 5.73 Å². The molecule has 0 aliphatic carbocycles. The quantitative estimate of drug-likeness (QED) is 0.538. The van der Waals surface area contributed by atoms with Crippen molar-refractivity contribution in [3.05, 3.63) is 0 Å². The minimum atomic E-state index is 0.202. The SMILES string of the molecule is CCCOCC(CCC)(CCC)COCCN. The zero-order valence-corrected chi connectivity index (χ0v) is 12.0. The highest BCUT2D eigenvalue weighted by Crippen LogP contribution is 2.31. The lowest BCUT2D eigenvalue weighted by Gasteiger charge is -2.33. The molecule has 104 valence electrons. The van der Waals surface area contributed by atoms with Gasteiger partial charge in [-0.1, -0.05) is 33.6 Å². The molecule has 17 heavy (non-hydrogen) atoms. The van der Waals surface area contributed by atoms with Crippen LogP contribution in [0.25, 0.3) is 0 Å². The maximum absolute atomic E-state index is 5.77. The summed E-state index contributed by atoms with van der Waals surface area (Å²) in [6.07, 6.45) is 5.80. The van der Waals surface area contributed by atoms with Crippen molar-refractivity contribution in [2.24, 2.45) is 11.1 Å². The first-order chi connectivity index (χ1) is 8.24. The zero-order chi connectivity index (χ0) is 13.0. The zero-order valence-electron chi connectivity index (χ0n) is 12.0. The normalized spacial score (nSPS) is 12.0. The van der Waals surface area contributed by atoms with E-state index in [1.165, 1.54) is 25.7 Å². The standard InChI is InChI=1S/C14H31NO2/c1-4-7-14(8-5-2,12-16-10-6-3)13-17-11-9-15/h4-13,15H2,1-3H3. The van der Waals surface area contributed by atoms with Crippen LogP contribution in [0.5, 0.6) is 0 Å². The molecule has 0 rings (SSSR count). The molecule has 0 aromatic carbocycles. The second-order valence-corrected chi connectivity index (χ2v) is 4.89. The van der Waals surface area contributed by atoms with Gasteiger partial charge in [0.25, 0.3) is 0 Å². The Labute approximate surface area is 107 Å². The van der Waals surface area contributed by atoms with Gasteiger partial charge in [0.05, 0.1) is 19.8 Å². The van der Waals surface area contributed by atoms with Crippen molar-refractivity contribution < 1.29 is 9.47 Å². The summed E-state index contributed by atoms with van der Waals surface area (Å²) in [7, 11) is 0. The summed E-state index contributed by atoms with van der Waals surface area (Å²) < 4.78 is 11.5. The lowest BCUT2D eigenvalue weighted by Crippen LogP contribution is -2.33. The van der Waals surface area contributed by atoms with Crippen molar-refractivity contribution in [1.29, 1.82) is 0 Å². The summed E-state index contributed by atoms with van der Waals surface area (Å²) in [6, 6.07) is 0. The fourth-order valence-electron chi connectivity index (χ4n) is 2.32. The summed E-state index contributed by atoms with van der Waals surface area (Å²) >= 11 is 0. The molecule has 0 saturated carbocycles. The first-order valence-corrected chi connectivity index (χ1v) is 7.10. The van der Waals surface area contributed by atoms with Crippen molar-refractivity contribution in [3.63, 3.8) is 0 Å². The molecule has 0 aliphatic heterocycles. The van der Waals surface area contributed by atoms with Crippen LogP contribution in [0, 0.1) is 5.41 Å². The third kappa shape index (κ3) is 7.74. The molecule has 0 unspecified atom stereocenters. The van der Waals surface area contributed by atoms with Crippen molar-refractivity contribution in [1.82, 2.24) is 0 Å². The maximum Gasteiger partial charge on any atom is 0.0589 e. The minimum absolute atomic E-state index is 0.202. The van der Waals surface area contributed by atoms with Gasteiger partial charge in [0, 0.05) is 18.6 Å². The molecule has 2 N–H and O–H groups in total. The fourth-order valence-corrected chi connectivity index (χ4v) is 2.32. The molecular weight excluding hydrogens is 214 g/mol. The van der Waals surface area contributed by atoms with Crippen molar-refractivity contribution in [3.8, 4) is 0 Å². The Hall–Kier alpha value is -0.120. The first-order valence-electron chi connectivity index (χ1n) is 7.10. The van der Waals surface area contributed by atoms with Gasteiger partial charge in [0.1, 0.15) is 0 Å². The lowest BCUT2D eigenvalue weighted by molar-refractivity contribution is -0.0312. The Morgan fingerprint density at radius 1 is 0.824 bits per heavy atom. The van der Waals surface area contributed by atoms with E-state index in [0.717, 1.165) is 26.2 Å². The highest BCUT2D eigenvalue weighted by molar-refractivity contribution is 4.78. The molecular formula is C14H31NO2. The van der Waals surface area contributed by atoms with E-state index in [9.17, 15) is 0 Å². The molecule has 0 radical (unpaired) electrons. The van der Waals surface area contributed by atoms with Gasteiger partial charge in [-0.15, -0.1) is 0 Å². The van der Waals surface area contributed by atoms with Crippen LogP contribution in [0.2, 0.25) is 0 Å². The third-order valence-electron chi connectivity index (χ3n) is 2.99. The van der Waals surface area contributed by atoms with E-state index >= 15 is 0 Å². The Morgan fingerprint density at radius 3 is 1.76 bits per heavy atom. The van der Waals surface area contributed by atoms with Gasteiger partial charge in [-0.25, -0.2) is 0 Å². The van der Waals surface area contributed by atoms with Gasteiger partial charge in [-0.3, -0.25) is 0 Å². The van der Waals surface area contributed by atoms with E-state index in [4.69, 9.17) is 15.2 Å². The molecule has 0 fully saturated rings. The average Bonchev–Trinajstić information content (AvgIpc) is 2.30. The summed E-state index contributed by atoms with van der Waals surface area (Å²) in [5, 5.41) is 0. The molecule has 0 saturated heterocycles. The highest BCUT2D eigenvalue weighted by Gasteiger charge is 2.29. The van der Waals surface area contributed by atoms with Gasteiger partial charge in [0.15, 0.2) is 0 Å². The van der Waals surface area contributed by atoms with E-state index in [1.807, 2.05) is 0 Å². The Bertz CT molecular complexity index is 144. The molecule has 0 atom stereocenters. The number of ether oxygens (including phenoxy) is 2. The summed E-state index contributed by atoms with van der Waals surface area (Å²) in [5.41, 5.74) is 5.67. The van der Waals surface area contributed by atoms with Crippen molar-refractivity contribution in [2.45, 2.75) is 52.9 Å². The number of rotatable bonds is 12. The Kier molecular flexibility index (Phi) is 10.9. The minimum Gasteiger partial charge on any atom is -0.381 e. The molecule has 0 amide bonds. The van der Waals surface area contributed by atoms with E-state index in [-0.39, 0.29) is 5.41 Å². The van der Waals surface area contributed by atoms with Crippen LogP contribution >= 0.6 is 0 Å². The summed E-state index contributed by atoms with van der Waals surface area (Å²) in [6.45, 7) is 10.3. The topological polar surface area (TPSA) is 44.5 Å². The first kappa shape index (κ1) is 16.9. The van der Waals surface area contributed by atoms with E-state index in [2.05, 4.69) is 20.8 Å². The predicted molar refractivity (Wildman–Crippen MR) is 73.2 cm³/mol. The second kappa shape index (κ2) is 11.0. The van der Waals surface area contributed by atoms with Gasteiger partial charge < -0.3 is 15.2 Å². The second-order valence-electron chi connectivity index (χ2n) is 4.89. The Morgan fingerprint density at radius 2 is 1.35 bits per heavy atom. The van der Waals surface area contributed by atoms with Crippen molar-refractivity contribution >= 4 is 0 Å². The van der Waals surface area contributed by atoms with Crippen LogP contribution in [0.3, 0.4) is 0 Å². The molecule has 0 aliphatic rings. The van der Waals surface area contributed by atoms with Gasteiger partial charge in [0.2, 0.25) is 0 Å².